The fourth-order valence-electron chi connectivity index (χ4n) is 6.62. The molecule has 13 heteroatoms. The maximum absolute atomic E-state index is 12.9. The molecule has 7 atom stereocenters. The third-order valence-corrected chi connectivity index (χ3v) is 8.69. The van der Waals surface area contributed by atoms with Crippen molar-refractivity contribution in [1.29, 1.82) is 0 Å². The second-order valence-corrected chi connectivity index (χ2v) is 11.0. The molecule has 1 fully saturated rings. The van der Waals surface area contributed by atoms with Gasteiger partial charge in [0.05, 0.1) is 24.5 Å². The normalized spacial score (nSPS) is 29.6. The molecule has 41 heavy (non-hydrogen) atoms. The highest BCUT2D eigenvalue weighted by Gasteiger charge is 2.72. The van der Waals surface area contributed by atoms with Crippen LogP contribution in [0.25, 0.3) is 0 Å². The van der Waals surface area contributed by atoms with Gasteiger partial charge in [0.15, 0.2) is 35.9 Å². The maximum atomic E-state index is 12.9. The van der Waals surface area contributed by atoms with E-state index in [1.54, 1.807) is 6.08 Å². The van der Waals surface area contributed by atoms with Crippen LogP contribution < -0.4 is 9.47 Å². The fourth-order valence-corrected chi connectivity index (χ4v) is 6.62. The van der Waals surface area contributed by atoms with Gasteiger partial charge in [0.1, 0.15) is 5.76 Å². The SMILES string of the molecule is COc1ccc2c3c1O[C@@H]1C(OC(=O)C[C@H](O)C(=O)O[C@@H](C)C(=O)O[C@@H](C)C(=O)O)=CC[C@]4(O)[C@H](C2)N(C)CC[C@@]314. The summed E-state index contributed by atoms with van der Waals surface area (Å²) >= 11 is 0. The zero-order valence-electron chi connectivity index (χ0n) is 23.1. The molecule has 1 saturated heterocycles. The van der Waals surface area contributed by atoms with Crippen LogP contribution in [0.1, 0.15) is 44.2 Å². The first-order valence-electron chi connectivity index (χ1n) is 13.4. The number of carbonyl (C=O) groups excluding carboxylic acids is 3. The van der Waals surface area contributed by atoms with Crippen LogP contribution in [0, 0.1) is 0 Å². The second-order valence-electron chi connectivity index (χ2n) is 11.0. The molecule has 2 bridgehead atoms. The number of ether oxygens (including phenoxy) is 5. The number of hydrogen-bond donors (Lipinski definition) is 3. The number of aliphatic hydroxyl groups excluding tert-OH is 1. The summed E-state index contributed by atoms with van der Waals surface area (Å²) in [6.07, 6.45) is -3.63. The molecule has 13 nitrogen and oxygen atoms in total. The van der Waals surface area contributed by atoms with E-state index in [9.17, 15) is 29.4 Å². The predicted octanol–water partition coefficient (Wildman–Crippen LogP) is 0.215. The smallest absolute Gasteiger partial charge is 0.347 e. The predicted molar refractivity (Wildman–Crippen MR) is 137 cm³/mol. The molecule has 4 aliphatic rings. The number of likely N-dealkylation sites (tertiary alicyclic amines) is 1. The Bertz CT molecular complexity index is 1330. The lowest BCUT2D eigenvalue weighted by Crippen LogP contribution is -2.74. The minimum absolute atomic E-state index is 0.161. The van der Waals surface area contributed by atoms with Gasteiger partial charge in [-0.1, -0.05) is 6.07 Å². The number of rotatable bonds is 9. The molecule has 2 heterocycles. The summed E-state index contributed by atoms with van der Waals surface area (Å²) in [5.41, 5.74) is -0.207. The number of carboxylic acid groups (broad SMARTS) is 1. The van der Waals surface area contributed by atoms with Gasteiger partial charge in [0.25, 0.3) is 0 Å². The first kappa shape index (κ1) is 28.8. The lowest BCUT2D eigenvalue weighted by molar-refractivity contribution is -0.179. The van der Waals surface area contributed by atoms with Crippen molar-refractivity contribution in [3.63, 3.8) is 0 Å². The van der Waals surface area contributed by atoms with Crippen molar-refractivity contribution in [3.8, 4) is 11.5 Å². The number of methoxy groups -OCH3 is 1. The molecular formula is C28H33NO12. The van der Waals surface area contributed by atoms with Crippen molar-refractivity contribution in [2.45, 2.75) is 81.0 Å². The molecule has 0 radical (unpaired) electrons. The van der Waals surface area contributed by atoms with E-state index in [4.69, 9.17) is 24.1 Å². The van der Waals surface area contributed by atoms with Gasteiger partial charge >= 0.3 is 23.9 Å². The van der Waals surface area contributed by atoms with E-state index in [0.717, 1.165) is 25.0 Å². The minimum atomic E-state index is -1.97. The van der Waals surface area contributed by atoms with Crippen molar-refractivity contribution in [2.24, 2.45) is 0 Å². The van der Waals surface area contributed by atoms with Crippen LogP contribution in [-0.4, -0.2) is 101 Å². The number of esters is 3. The molecule has 5 rings (SSSR count). The van der Waals surface area contributed by atoms with Crippen LogP contribution in [-0.2, 0) is 45.2 Å². The Hall–Kier alpha value is -3.68. The van der Waals surface area contributed by atoms with Gasteiger partial charge in [-0.05, 0) is 58.0 Å². The number of aliphatic hydroxyl groups is 2. The summed E-state index contributed by atoms with van der Waals surface area (Å²) in [5, 5.41) is 31.3. The summed E-state index contributed by atoms with van der Waals surface area (Å²) in [6, 6.07) is 3.60. The first-order valence-corrected chi connectivity index (χ1v) is 13.4. The zero-order valence-corrected chi connectivity index (χ0v) is 23.1. The molecule has 0 amide bonds. The Balaban J connectivity index is 1.31. The van der Waals surface area contributed by atoms with Gasteiger partial charge in [0, 0.05) is 18.0 Å². The van der Waals surface area contributed by atoms with Gasteiger partial charge in [-0.15, -0.1) is 0 Å². The number of likely N-dealkylation sites (N-methyl/N-ethyl adjacent to an activating group) is 1. The molecule has 0 saturated carbocycles. The van der Waals surface area contributed by atoms with Crippen LogP contribution in [0.15, 0.2) is 24.0 Å². The Morgan fingerprint density at radius 2 is 1.85 bits per heavy atom. The minimum Gasteiger partial charge on any atom is -0.493 e. The standard InChI is InChI=1S/C28H33NO12/c1-13(24(32)33)38-25(34)14(2)39-26(35)16(30)12-20(31)40-18-7-8-28(36)19-11-15-5-6-17(37-4)22-21(15)27(28,23(18)41-22)9-10-29(19)3/h5-7,13-14,16,19,23,30,36H,8-12H2,1-4H3,(H,32,33)/t13-,14-,16-,19-,23+,27+,28-/m0/s1. The summed E-state index contributed by atoms with van der Waals surface area (Å²) in [4.78, 5) is 50.1. The van der Waals surface area contributed by atoms with E-state index in [2.05, 4.69) is 9.64 Å². The quantitative estimate of drug-likeness (QED) is 0.269. The number of benzene rings is 1. The van der Waals surface area contributed by atoms with E-state index < -0.39 is 65.7 Å². The number of piperidine rings is 1. The average molecular weight is 576 g/mol. The maximum Gasteiger partial charge on any atom is 0.347 e. The van der Waals surface area contributed by atoms with Crippen LogP contribution in [0.4, 0.5) is 0 Å². The van der Waals surface area contributed by atoms with Gasteiger partial charge in [-0.25, -0.2) is 14.4 Å². The Kier molecular flexibility index (Phi) is 7.24. The van der Waals surface area contributed by atoms with E-state index >= 15 is 0 Å². The fraction of sp³-hybridized carbons (Fsp3) is 0.571. The Morgan fingerprint density at radius 3 is 2.54 bits per heavy atom. The number of aliphatic carboxylic acids is 1. The van der Waals surface area contributed by atoms with E-state index in [1.165, 1.54) is 7.11 Å². The van der Waals surface area contributed by atoms with Crippen molar-refractivity contribution in [3.05, 3.63) is 35.1 Å². The van der Waals surface area contributed by atoms with Gasteiger partial charge in [0.2, 0.25) is 0 Å². The molecule has 3 N–H and O–H groups in total. The third kappa shape index (κ3) is 4.43. The second kappa shape index (κ2) is 10.3. The van der Waals surface area contributed by atoms with E-state index in [-0.39, 0.29) is 18.2 Å². The number of carboxylic acids is 1. The first-order chi connectivity index (χ1) is 19.3. The third-order valence-electron chi connectivity index (χ3n) is 8.69. The summed E-state index contributed by atoms with van der Waals surface area (Å²) in [7, 11) is 3.50. The highest BCUT2D eigenvalue weighted by Crippen LogP contribution is 2.65. The summed E-state index contributed by atoms with van der Waals surface area (Å²) < 4.78 is 27.1. The number of hydrogen-bond acceptors (Lipinski definition) is 12. The van der Waals surface area contributed by atoms with Crippen molar-refractivity contribution >= 4 is 23.9 Å². The number of carbonyl (C=O) groups is 4. The van der Waals surface area contributed by atoms with Gasteiger partial charge < -0.3 is 43.9 Å². The van der Waals surface area contributed by atoms with Crippen LogP contribution in [0.3, 0.4) is 0 Å². The highest BCUT2D eigenvalue weighted by atomic mass is 16.6. The van der Waals surface area contributed by atoms with Crippen LogP contribution in [0.5, 0.6) is 11.5 Å². The molecule has 1 aromatic carbocycles. The molecule has 0 aromatic heterocycles. The Labute approximate surface area is 235 Å². The number of nitrogens with zero attached hydrogens (tertiary/aromatic N) is 1. The zero-order chi connectivity index (χ0) is 29.9. The van der Waals surface area contributed by atoms with E-state index in [0.29, 0.717) is 30.9 Å². The average Bonchev–Trinajstić information content (AvgIpc) is 3.27. The monoisotopic (exact) mass is 575 g/mol. The van der Waals surface area contributed by atoms with Crippen molar-refractivity contribution in [2.75, 3.05) is 20.7 Å². The van der Waals surface area contributed by atoms with Gasteiger partial charge in [-0.3, -0.25) is 4.79 Å². The van der Waals surface area contributed by atoms with E-state index in [1.807, 2.05) is 19.2 Å². The van der Waals surface area contributed by atoms with Crippen molar-refractivity contribution < 1.29 is 58.2 Å². The molecule has 1 spiro atoms. The Morgan fingerprint density at radius 1 is 1.15 bits per heavy atom. The lowest BCUT2D eigenvalue weighted by atomic mass is 9.50. The highest BCUT2D eigenvalue weighted by molar-refractivity contribution is 5.85. The molecule has 2 aliphatic heterocycles. The topological polar surface area (TPSA) is 178 Å². The van der Waals surface area contributed by atoms with Crippen molar-refractivity contribution in [1.82, 2.24) is 4.90 Å². The van der Waals surface area contributed by atoms with Gasteiger partial charge in [-0.2, -0.15) is 0 Å². The molecule has 0 unspecified atom stereocenters. The summed E-state index contributed by atoms with van der Waals surface area (Å²) in [5.74, 6) is -3.59. The van der Waals surface area contributed by atoms with Crippen LogP contribution >= 0.6 is 0 Å². The lowest BCUT2D eigenvalue weighted by Gasteiger charge is -2.61. The molecular weight excluding hydrogens is 542 g/mol. The summed E-state index contributed by atoms with van der Waals surface area (Å²) in [6.45, 7) is 2.95. The molecule has 2 aliphatic carbocycles. The largest absolute Gasteiger partial charge is 0.493 e. The molecule has 1 aromatic rings. The van der Waals surface area contributed by atoms with Crippen LogP contribution in [0.2, 0.25) is 0 Å². The molecule has 222 valence electrons.